The van der Waals surface area contributed by atoms with Gasteiger partial charge in [-0.15, -0.1) is 0 Å². The van der Waals surface area contributed by atoms with Crippen LogP contribution in [0.1, 0.15) is 47.0 Å². The molecule has 2 heteroatoms. The minimum atomic E-state index is -0.441. The Morgan fingerprint density at radius 2 is 1.85 bits per heavy atom. The Morgan fingerprint density at radius 1 is 1.31 bits per heavy atom. The number of hydrogen-bond acceptors (Lipinski definition) is 2. The van der Waals surface area contributed by atoms with Gasteiger partial charge >= 0.3 is 0 Å². The van der Waals surface area contributed by atoms with Crippen LogP contribution in [0.4, 0.5) is 0 Å². The van der Waals surface area contributed by atoms with E-state index in [1.807, 2.05) is 6.92 Å². The number of rotatable bonds is 5. The smallest absolute Gasteiger partial charge is 0.155 e. The first-order valence-corrected chi connectivity index (χ1v) is 4.87. The molecule has 13 heavy (non-hydrogen) atoms. The van der Waals surface area contributed by atoms with Crippen LogP contribution in [-0.2, 0) is 4.79 Å². The van der Waals surface area contributed by atoms with E-state index in [1.165, 1.54) is 6.92 Å². The van der Waals surface area contributed by atoms with Gasteiger partial charge in [0.05, 0.1) is 6.10 Å². The summed E-state index contributed by atoms with van der Waals surface area (Å²) in [6, 6.07) is 0. The van der Waals surface area contributed by atoms with Crippen LogP contribution < -0.4 is 0 Å². The topological polar surface area (TPSA) is 37.3 Å². The monoisotopic (exact) mass is 184 g/mol. The Balaban J connectivity index is 4.30. The second kappa shape index (κ2) is 5.92. The fourth-order valence-electron chi connectivity index (χ4n) is 1.14. The van der Waals surface area contributed by atoms with Gasteiger partial charge in [0, 0.05) is 0 Å². The molecule has 0 bridgehead atoms. The summed E-state index contributed by atoms with van der Waals surface area (Å²) in [5.41, 5.74) is 1.52. The van der Waals surface area contributed by atoms with Gasteiger partial charge in [0.1, 0.15) is 0 Å². The first kappa shape index (κ1) is 12.4. The third-order valence-electron chi connectivity index (χ3n) is 2.45. The third-order valence-corrected chi connectivity index (χ3v) is 2.45. The summed E-state index contributed by atoms with van der Waals surface area (Å²) in [6.45, 7) is 7.22. The molecule has 0 saturated carbocycles. The van der Waals surface area contributed by atoms with Gasteiger partial charge in [-0.25, -0.2) is 0 Å². The summed E-state index contributed by atoms with van der Waals surface area (Å²) in [5.74, 6) is 0.0491. The van der Waals surface area contributed by atoms with E-state index in [-0.39, 0.29) is 5.78 Å². The van der Waals surface area contributed by atoms with Crippen molar-refractivity contribution in [3.05, 3.63) is 11.1 Å². The van der Waals surface area contributed by atoms with E-state index < -0.39 is 6.10 Å². The molecule has 0 saturated heterocycles. The molecule has 0 aromatic rings. The number of carbonyl (C=O) groups is 1. The van der Waals surface area contributed by atoms with Crippen LogP contribution in [0.3, 0.4) is 0 Å². The first-order chi connectivity index (χ1) is 6.00. The highest BCUT2D eigenvalue weighted by Crippen LogP contribution is 2.14. The highest BCUT2D eigenvalue weighted by molar-refractivity contribution is 5.93. The van der Waals surface area contributed by atoms with Crippen LogP contribution in [-0.4, -0.2) is 17.0 Å². The zero-order chi connectivity index (χ0) is 10.4. The van der Waals surface area contributed by atoms with Gasteiger partial charge in [-0.1, -0.05) is 19.8 Å². The lowest BCUT2D eigenvalue weighted by atomic mass is 9.99. The molecular formula is C11H20O2. The first-order valence-electron chi connectivity index (χ1n) is 4.87. The molecule has 1 N–H and O–H groups in total. The third kappa shape index (κ3) is 4.23. The fourth-order valence-corrected chi connectivity index (χ4v) is 1.14. The van der Waals surface area contributed by atoms with Gasteiger partial charge < -0.3 is 5.11 Å². The molecule has 2 nitrogen and oxygen atoms in total. The summed E-state index contributed by atoms with van der Waals surface area (Å²) in [5, 5.41) is 9.66. The van der Waals surface area contributed by atoms with Gasteiger partial charge in [-0.05, 0) is 38.3 Å². The van der Waals surface area contributed by atoms with Gasteiger partial charge in [-0.3, -0.25) is 4.79 Å². The van der Waals surface area contributed by atoms with E-state index in [0.29, 0.717) is 5.57 Å². The average Bonchev–Trinajstić information content (AvgIpc) is 2.11. The Kier molecular flexibility index (Phi) is 5.63. The minimum Gasteiger partial charge on any atom is -0.389 e. The number of aliphatic hydroxyl groups excluding tert-OH is 1. The zero-order valence-corrected chi connectivity index (χ0v) is 9.05. The predicted molar refractivity (Wildman–Crippen MR) is 54.6 cm³/mol. The summed E-state index contributed by atoms with van der Waals surface area (Å²) < 4.78 is 0. The maximum absolute atomic E-state index is 11.0. The van der Waals surface area contributed by atoms with Crippen molar-refractivity contribution < 1.29 is 9.90 Å². The van der Waals surface area contributed by atoms with Gasteiger partial charge in [0.25, 0.3) is 0 Å². The van der Waals surface area contributed by atoms with Gasteiger partial charge in [-0.2, -0.15) is 0 Å². The lowest BCUT2D eigenvalue weighted by Gasteiger charge is -2.12. The molecule has 76 valence electrons. The Bertz CT molecular complexity index is 204. The summed E-state index contributed by atoms with van der Waals surface area (Å²) >= 11 is 0. The number of unbranched alkanes of at least 4 members (excludes halogenated alkanes) is 1. The molecule has 0 spiro atoms. The molecule has 0 amide bonds. The van der Waals surface area contributed by atoms with Crippen molar-refractivity contribution in [3.8, 4) is 0 Å². The molecule has 1 atom stereocenters. The minimum absolute atomic E-state index is 0.0491. The van der Waals surface area contributed by atoms with Crippen molar-refractivity contribution >= 4 is 5.78 Å². The van der Waals surface area contributed by atoms with E-state index in [2.05, 4.69) is 6.92 Å². The molecule has 0 aliphatic rings. The molecule has 0 heterocycles. The lowest BCUT2D eigenvalue weighted by Crippen LogP contribution is -2.12. The van der Waals surface area contributed by atoms with E-state index in [9.17, 15) is 9.90 Å². The van der Waals surface area contributed by atoms with Crippen molar-refractivity contribution in [1.29, 1.82) is 0 Å². The fraction of sp³-hybridized carbons (Fsp3) is 0.727. The molecule has 0 aromatic carbocycles. The number of allylic oxidation sites excluding steroid dienone is 1. The van der Waals surface area contributed by atoms with Crippen LogP contribution in [0.15, 0.2) is 11.1 Å². The standard InChI is InChI=1S/C11H20O2/c1-5-6-7-11(13)9(3)8(2)10(4)12/h11,13H,5-7H2,1-4H3. The van der Waals surface area contributed by atoms with Crippen molar-refractivity contribution in [3.63, 3.8) is 0 Å². The number of Topliss-reactive ketones (excluding diaryl/α,β-unsaturated/α-hetero) is 1. The van der Waals surface area contributed by atoms with Crippen LogP contribution >= 0.6 is 0 Å². The predicted octanol–water partition coefficient (Wildman–Crippen LogP) is 2.46. The van der Waals surface area contributed by atoms with Gasteiger partial charge in [0.2, 0.25) is 0 Å². The summed E-state index contributed by atoms with van der Waals surface area (Å²) in [7, 11) is 0. The van der Waals surface area contributed by atoms with Crippen LogP contribution in [0.2, 0.25) is 0 Å². The SMILES string of the molecule is CCCCC(O)C(C)=C(C)C(C)=O. The Morgan fingerprint density at radius 3 is 2.23 bits per heavy atom. The lowest BCUT2D eigenvalue weighted by molar-refractivity contribution is -0.113. The number of aliphatic hydroxyl groups is 1. The maximum Gasteiger partial charge on any atom is 0.155 e. The second-order valence-corrected chi connectivity index (χ2v) is 3.52. The highest BCUT2D eigenvalue weighted by Gasteiger charge is 2.10. The normalized spacial score (nSPS) is 15.2. The quantitative estimate of drug-likeness (QED) is 0.666. The highest BCUT2D eigenvalue weighted by atomic mass is 16.3. The van der Waals surface area contributed by atoms with E-state index >= 15 is 0 Å². The zero-order valence-electron chi connectivity index (χ0n) is 9.05. The molecule has 0 aliphatic heterocycles. The van der Waals surface area contributed by atoms with Crippen molar-refractivity contribution in [2.45, 2.75) is 53.1 Å². The molecule has 0 aromatic heterocycles. The van der Waals surface area contributed by atoms with E-state index in [0.717, 1.165) is 24.8 Å². The molecule has 0 radical (unpaired) electrons. The van der Waals surface area contributed by atoms with Crippen LogP contribution in [0.25, 0.3) is 0 Å². The van der Waals surface area contributed by atoms with E-state index in [4.69, 9.17) is 0 Å². The Labute approximate surface area is 80.7 Å². The van der Waals surface area contributed by atoms with Crippen molar-refractivity contribution in [1.82, 2.24) is 0 Å². The van der Waals surface area contributed by atoms with Crippen molar-refractivity contribution in [2.75, 3.05) is 0 Å². The maximum atomic E-state index is 11.0. The largest absolute Gasteiger partial charge is 0.389 e. The molecule has 0 aliphatic carbocycles. The molecule has 1 unspecified atom stereocenters. The summed E-state index contributed by atoms with van der Waals surface area (Å²) in [4.78, 5) is 11.0. The van der Waals surface area contributed by atoms with Crippen LogP contribution in [0.5, 0.6) is 0 Å². The molecule has 0 fully saturated rings. The summed E-state index contributed by atoms with van der Waals surface area (Å²) in [6.07, 6.45) is 2.39. The van der Waals surface area contributed by atoms with Crippen LogP contribution in [0, 0.1) is 0 Å². The van der Waals surface area contributed by atoms with Crippen molar-refractivity contribution in [2.24, 2.45) is 0 Å². The average molecular weight is 184 g/mol. The molecular weight excluding hydrogens is 164 g/mol. The Hall–Kier alpha value is -0.630. The number of ketones is 1. The molecule has 0 rings (SSSR count). The number of carbonyl (C=O) groups excluding carboxylic acids is 1. The number of hydrogen-bond donors (Lipinski definition) is 1. The van der Waals surface area contributed by atoms with Gasteiger partial charge in [0.15, 0.2) is 5.78 Å². The van der Waals surface area contributed by atoms with E-state index in [1.54, 1.807) is 6.92 Å². The second-order valence-electron chi connectivity index (χ2n) is 3.52.